The number of hydrogen-bond acceptors (Lipinski definition) is 3. The molecule has 0 heterocycles. The van der Waals surface area contributed by atoms with Crippen molar-refractivity contribution in [2.75, 3.05) is 20.2 Å². The SMILES string of the molecule is COc1cccc(OC(C)CNCC(F)(F)F)c1. The first kappa shape index (κ1) is 14.6. The van der Waals surface area contributed by atoms with Crippen LogP contribution in [0.5, 0.6) is 11.5 Å². The highest BCUT2D eigenvalue weighted by Gasteiger charge is 2.26. The topological polar surface area (TPSA) is 30.5 Å². The van der Waals surface area contributed by atoms with Crippen LogP contribution in [0.3, 0.4) is 0 Å². The number of methoxy groups -OCH3 is 1. The third kappa shape index (κ3) is 5.77. The van der Waals surface area contributed by atoms with Crippen molar-refractivity contribution in [2.45, 2.75) is 19.2 Å². The van der Waals surface area contributed by atoms with Gasteiger partial charge in [-0.05, 0) is 19.1 Å². The maximum atomic E-state index is 11.9. The molecule has 0 amide bonds. The van der Waals surface area contributed by atoms with E-state index in [0.29, 0.717) is 11.5 Å². The Bertz CT molecular complexity index is 369. The number of benzene rings is 1. The number of alkyl halides is 3. The van der Waals surface area contributed by atoms with Gasteiger partial charge in [0.15, 0.2) is 0 Å². The van der Waals surface area contributed by atoms with Crippen molar-refractivity contribution < 1.29 is 22.6 Å². The summed E-state index contributed by atoms with van der Waals surface area (Å²) in [6.45, 7) is 0.804. The maximum Gasteiger partial charge on any atom is 0.401 e. The fourth-order valence-electron chi connectivity index (χ4n) is 1.37. The molecule has 0 aliphatic carbocycles. The second-order valence-corrected chi connectivity index (χ2v) is 3.85. The lowest BCUT2D eigenvalue weighted by Crippen LogP contribution is -2.35. The van der Waals surface area contributed by atoms with Crippen LogP contribution in [0, 0.1) is 0 Å². The van der Waals surface area contributed by atoms with Gasteiger partial charge in [-0.15, -0.1) is 0 Å². The van der Waals surface area contributed by atoms with Crippen molar-refractivity contribution >= 4 is 0 Å². The van der Waals surface area contributed by atoms with Gasteiger partial charge in [-0.3, -0.25) is 0 Å². The van der Waals surface area contributed by atoms with Crippen molar-refractivity contribution in [2.24, 2.45) is 0 Å². The molecule has 3 nitrogen and oxygen atoms in total. The molecular weight excluding hydrogens is 247 g/mol. The Morgan fingerprint density at radius 2 is 1.94 bits per heavy atom. The Morgan fingerprint density at radius 1 is 1.28 bits per heavy atom. The van der Waals surface area contributed by atoms with E-state index in [4.69, 9.17) is 9.47 Å². The van der Waals surface area contributed by atoms with Crippen LogP contribution in [0.4, 0.5) is 13.2 Å². The molecule has 0 saturated heterocycles. The van der Waals surface area contributed by atoms with Crippen LogP contribution >= 0.6 is 0 Å². The molecule has 0 aliphatic heterocycles. The lowest BCUT2D eigenvalue weighted by molar-refractivity contribution is -0.125. The van der Waals surface area contributed by atoms with Gasteiger partial charge >= 0.3 is 6.18 Å². The fraction of sp³-hybridized carbons (Fsp3) is 0.500. The van der Waals surface area contributed by atoms with Crippen LogP contribution in [0.15, 0.2) is 24.3 Å². The first-order valence-electron chi connectivity index (χ1n) is 5.49. The van der Waals surface area contributed by atoms with E-state index in [2.05, 4.69) is 5.32 Å². The van der Waals surface area contributed by atoms with Gasteiger partial charge in [-0.2, -0.15) is 13.2 Å². The highest BCUT2D eigenvalue weighted by molar-refractivity contribution is 5.32. The summed E-state index contributed by atoms with van der Waals surface area (Å²) in [6.07, 6.45) is -4.56. The number of nitrogens with one attached hydrogen (secondary N) is 1. The van der Waals surface area contributed by atoms with E-state index in [-0.39, 0.29) is 12.6 Å². The summed E-state index contributed by atoms with van der Waals surface area (Å²) in [5.74, 6) is 1.21. The van der Waals surface area contributed by atoms with Gasteiger partial charge < -0.3 is 14.8 Å². The highest BCUT2D eigenvalue weighted by atomic mass is 19.4. The minimum Gasteiger partial charge on any atom is -0.497 e. The zero-order valence-corrected chi connectivity index (χ0v) is 10.3. The predicted molar refractivity (Wildman–Crippen MR) is 62.0 cm³/mol. The van der Waals surface area contributed by atoms with Crippen molar-refractivity contribution in [1.82, 2.24) is 5.32 Å². The standard InChI is InChI=1S/C12H16F3NO2/c1-9(7-16-8-12(13,14)15)18-11-5-3-4-10(6-11)17-2/h3-6,9,16H,7-8H2,1-2H3. The minimum absolute atomic E-state index is 0.122. The van der Waals surface area contributed by atoms with Gasteiger partial charge in [0.25, 0.3) is 0 Å². The molecule has 102 valence electrons. The predicted octanol–water partition coefficient (Wildman–Crippen LogP) is 2.61. The zero-order valence-electron chi connectivity index (χ0n) is 10.3. The Balaban J connectivity index is 2.37. The molecule has 1 aromatic rings. The summed E-state index contributed by atoms with van der Waals surface area (Å²) in [7, 11) is 1.54. The molecule has 0 aromatic heterocycles. The molecule has 1 atom stereocenters. The summed E-state index contributed by atoms with van der Waals surface area (Å²) in [5.41, 5.74) is 0. The van der Waals surface area contributed by atoms with E-state index in [1.807, 2.05) is 0 Å². The largest absolute Gasteiger partial charge is 0.497 e. The first-order valence-corrected chi connectivity index (χ1v) is 5.49. The second-order valence-electron chi connectivity index (χ2n) is 3.85. The Morgan fingerprint density at radius 3 is 2.56 bits per heavy atom. The van der Waals surface area contributed by atoms with E-state index in [1.165, 1.54) is 7.11 Å². The minimum atomic E-state index is -4.20. The van der Waals surface area contributed by atoms with Crippen molar-refractivity contribution in [3.05, 3.63) is 24.3 Å². The van der Waals surface area contributed by atoms with E-state index >= 15 is 0 Å². The van der Waals surface area contributed by atoms with Gasteiger partial charge in [-0.25, -0.2) is 0 Å². The van der Waals surface area contributed by atoms with Crippen molar-refractivity contribution in [1.29, 1.82) is 0 Å². The van der Waals surface area contributed by atoms with E-state index < -0.39 is 12.7 Å². The molecule has 0 saturated carbocycles. The quantitative estimate of drug-likeness (QED) is 0.855. The summed E-state index contributed by atoms with van der Waals surface area (Å²) < 4.78 is 46.2. The molecule has 0 radical (unpaired) electrons. The molecule has 1 unspecified atom stereocenters. The lowest BCUT2D eigenvalue weighted by Gasteiger charge is -2.16. The Kier molecular flexibility index (Phi) is 5.27. The Hall–Kier alpha value is -1.43. The third-order valence-corrected chi connectivity index (χ3v) is 2.14. The van der Waals surface area contributed by atoms with Crippen LogP contribution in [0.1, 0.15) is 6.92 Å². The summed E-state index contributed by atoms with van der Waals surface area (Å²) in [6, 6.07) is 6.92. The summed E-state index contributed by atoms with van der Waals surface area (Å²) >= 11 is 0. The van der Waals surface area contributed by atoms with Crippen LogP contribution in [-0.4, -0.2) is 32.5 Å². The molecule has 1 aromatic carbocycles. The van der Waals surface area contributed by atoms with E-state index in [9.17, 15) is 13.2 Å². The van der Waals surface area contributed by atoms with Crippen LogP contribution in [0.2, 0.25) is 0 Å². The average Bonchev–Trinajstić information content (AvgIpc) is 2.27. The van der Waals surface area contributed by atoms with Gasteiger partial charge in [0.1, 0.15) is 17.6 Å². The normalized spacial score (nSPS) is 13.2. The van der Waals surface area contributed by atoms with Crippen LogP contribution < -0.4 is 14.8 Å². The molecule has 6 heteroatoms. The van der Waals surface area contributed by atoms with Gasteiger partial charge in [0.2, 0.25) is 0 Å². The van der Waals surface area contributed by atoms with Gasteiger partial charge in [-0.1, -0.05) is 6.07 Å². The van der Waals surface area contributed by atoms with E-state index in [1.54, 1.807) is 31.2 Å². The summed E-state index contributed by atoms with van der Waals surface area (Å²) in [4.78, 5) is 0. The monoisotopic (exact) mass is 263 g/mol. The van der Waals surface area contributed by atoms with E-state index in [0.717, 1.165) is 0 Å². The molecular formula is C12H16F3NO2. The average molecular weight is 263 g/mol. The smallest absolute Gasteiger partial charge is 0.401 e. The molecule has 0 spiro atoms. The number of ether oxygens (including phenoxy) is 2. The second kappa shape index (κ2) is 6.49. The first-order chi connectivity index (χ1) is 8.40. The molecule has 0 bridgehead atoms. The van der Waals surface area contributed by atoms with Gasteiger partial charge in [0.05, 0.1) is 13.7 Å². The zero-order chi connectivity index (χ0) is 13.6. The molecule has 1 N–H and O–H groups in total. The molecule has 18 heavy (non-hydrogen) atoms. The van der Waals surface area contributed by atoms with Crippen LogP contribution in [0.25, 0.3) is 0 Å². The Labute approximate surface area is 104 Å². The molecule has 1 rings (SSSR count). The lowest BCUT2D eigenvalue weighted by atomic mass is 10.3. The molecule has 0 aliphatic rings. The van der Waals surface area contributed by atoms with Gasteiger partial charge in [0, 0.05) is 12.6 Å². The van der Waals surface area contributed by atoms with Crippen molar-refractivity contribution in [3.63, 3.8) is 0 Å². The number of rotatable bonds is 6. The number of halogens is 3. The molecule has 0 fully saturated rings. The summed E-state index contributed by atoms with van der Waals surface area (Å²) in [5, 5.41) is 2.29. The van der Waals surface area contributed by atoms with Crippen molar-refractivity contribution in [3.8, 4) is 11.5 Å². The third-order valence-electron chi connectivity index (χ3n) is 2.14. The fourth-order valence-corrected chi connectivity index (χ4v) is 1.37. The number of hydrogen-bond donors (Lipinski definition) is 1. The highest BCUT2D eigenvalue weighted by Crippen LogP contribution is 2.19. The van der Waals surface area contributed by atoms with Crippen LogP contribution in [-0.2, 0) is 0 Å². The maximum absolute atomic E-state index is 11.9.